The first kappa shape index (κ1) is 12.0. The van der Waals surface area contributed by atoms with E-state index in [4.69, 9.17) is 5.73 Å². The van der Waals surface area contributed by atoms with Crippen LogP contribution >= 0.6 is 0 Å². The maximum Gasteiger partial charge on any atom is 0.123 e. The van der Waals surface area contributed by atoms with Gasteiger partial charge in [-0.05, 0) is 44.4 Å². The summed E-state index contributed by atoms with van der Waals surface area (Å²) in [6.45, 7) is 3.36. The predicted molar refractivity (Wildman–Crippen MR) is 76.4 cm³/mol. The highest BCUT2D eigenvalue weighted by atomic mass is 15.2. The SMILES string of the molecule is CC1CCCCN1c1ccc(-n2cnnc2)cc1N. The van der Waals surface area contributed by atoms with Crippen LogP contribution in [-0.4, -0.2) is 27.4 Å². The van der Waals surface area contributed by atoms with Crippen molar-refractivity contribution in [2.45, 2.75) is 32.2 Å². The van der Waals surface area contributed by atoms with Gasteiger partial charge in [0.2, 0.25) is 0 Å². The number of piperidine rings is 1. The molecule has 0 spiro atoms. The van der Waals surface area contributed by atoms with Gasteiger partial charge in [0, 0.05) is 12.6 Å². The Bertz CT molecular complexity index is 549. The third-order valence-corrected chi connectivity index (χ3v) is 3.84. The largest absolute Gasteiger partial charge is 0.397 e. The van der Waals surface area contributed by atoms with Gasteiger partial charge in [0.1, 0.15) is 12.7 Å². The second-order valence-corrected chi connectivity index (χ2v) is 5.15. The zero-order valence-electron chi connectivity index (χ0n) is 11.2. The molecule has 1 aromatic heterocycles. The molecule has 1 aliphatic rings. The van der Waals surface area contributed by atoms with Gasteiger partial charge in [-0.25, -0.2) is 0 Å². The molecular formula is C14H19N5. The fourth-order valence-electron chi connectivity index (χ4n) is 2.75. The normalized spacial score (nSPS) is 19.6. The quantitative estimate of drug-likeness (QED) is 0.838. The first-order valence-electron chi connectivity index (χ1n) is 6.77. The highest BCUT2D eigenvalue weighted by molar-refractivity contribution is 5.71. The molecule has 3 rings (SSSR count). The number of benzene rings is 1. The van der Waals surface area contributed by atoms with E-state index in [1.54, 1.807) is 12.7 Å². The fourth-order valence-corrected chi connectivity index (χ4v) is 2.75. The van der Waals surface area contributed by atoms with E-state index in [-0.39, 0.29) is 0 Å². The van der Waals surface area contributed by atoms with Crippen LogP contribution in [0.4, 0.5) is 11.4 Å². The molecule has 1 atom stereocenters. The van der Waals surface area contributed by atoms with E-state index in [1.165, 1.54) is 19.3 Å². The Kier molecular flexibility index (Phi) is 3.11. The molecule has 2 heterocycles. The summed E-state index contributed by atoms with van der Waals surface area (Å²) >= 11 is 0. The van der Waals surface area contributed by atoms with Crippen molar-refractivity contribution in [3.05, 3.63) is 30.9 Å². The van der Waals surface area contributed by atoms with Gasteiger partial charge in [-0.3, -0.25) is 4.57 Å². The lowest BCUT2D eigenvalue weighted by atomic mass is 10.0. The zero-order chi connectivity index (χ0) is 13.2. The number of hydrogen-bond donors (Lipinski definition) is 1. The van der Waals surface area contributed by atoms with E-state index < -0.39 is 0 Å². The Morgan fingerprint density at radius 3 is 2.68 bits per heavy atom. The van der Waals surface area contributed by atoms with E-state index >= 15 is 0 Å². The minimum atomic E-state index is 0.566. The van der Waals surface area contributed by atoms with Crippen LogP contribution in [0.25, 0.3) is 5.69 Å². The van der Waals surface area contributed by atoms with Crippen LogP contribution in [0.3, 0.4) is 0 Å². The van der Waals surface area contributed by atoms with Gasteiger partial charge in [-0.2, -0.15) is 0 Å². The van der Waals surface area contributed by atoms with Gasteiger partial charge in [0.15, 0.2) is 0 Å². The second-order valence-electron chi connectivity index (χ2n) is 5.15. The van der Waals surface area contributed by atoms with Crippen molar-refractivity contribution in [2.75, 3.05) is 17.2 Å². The molecule has 2 aromatic rings. The molecule has 1 aliphatic heterocycles. The molecule has 1 unspecified atom stereocenters. The molecule has 0 aliphatic carbocycles. The first-order chi connectivity index (χ1) is 9.25. The third kappa shape index (κ3) is 2.28. The molecule has 0 bridgehead atoms. The molecule has 5 nitrogen and oxygen atoms in total. The summed E-state index contributed by atoms with van der Waals surface area (Å²) in [6, 6.07) is 6.72. The Morgan fingerprint density at radius 2 is 2.00 bits per heavy atom. The van der Waals surface area contributed by atoms with Crippen molar-refractivity contribution in [1.29, 1.82) is 0 Å². The number of hydrogen-bond acceptors (Lipinski definition) is 4. The lowest BCUT2D eigenvalue weighted by Crippen LogP contribution is -2.37. The van der Waals surface area contributed by atoms with Gasteiger partial charge < -0.3 is 10.6 Å². The molecule has 1 saturated heterocycles. The lowest BCUT2D eigenvalue weighted by molar-refractivity contribution is 0.485. The Morgan fingerprint density at radius 1 is 1.21 bits per heavy atom. The van der Waals surface area contributed by atoms with Crippen LogP contribution in [0.5, 0.6) is 0 Å². The number of nitrogen functional groups attached to an aromatic ring is 1. The highest BCUT2D eigenvalue weighted by Gasteiger charge is 2.20. The smallest absolute Gasteiger partial charge is 0.123 e. The molecule has 1 fully saturated rings. The monoisotopic (exact) mass is 257 g/mol. The molecule has 0 amide bonds. The first-order valence-corrected chi connectivity index (χ1v) is 6.77. The summed E-state index contributed by atoms with van der Waals surface area (Å²) in [6.07, 6.45) is 7.16. The molecule has 19 heavy (non-hydrogen) atoms. The maximum atomic E-state index is 6.22. The van der Waals surface area contributed by atoms with Crippen LogP contribution in [0.15, 0.2) is 30.9 Å². The Balaban J connectivity index is 1.91. The van der Waals surface area contributed by atoms with Gasteiger partial charge in [0.25, 0.3) is 0 Å². The van der Waals surface area contributed by atoms with Crippen LogP contribution in [-0.2, 0) is 0 Å². The lowest BCUT2D eigenvalue weighted by Gasteiger charge is -2.36. The Labute approximate surface area is 113 Å². The number of nitrogens with two attached hydrogens (primary N) is 1. The average molecular weight is 257 g/mol. The van der Waals surface area contributed by atoms with Gasteiger partial charge in [-0.1, -0.05) is 0 Å². The summed E-state index contributed by atoms with van der Waals surface area (Å²) in [5.41, 5.74) is 9.18. The third-order valence-electron chi connectivity index (χ3n) is 3.84. The molecule has 5 heteroatoms. The zero-order valence-corrected chi connectivity index (χ0v) is 11.2. The number of rotatable bonds is 2. The predicted octanol–water partition coefficient (Wildman–Crippen LogP) is 2.23. The van der Waals surface area contributed by atoms with Crippen LogP contribution < -0.4 is 10.6 Å². The minimum Gasteiger partial charge on any atom is -0.397 e. The van der Waals surface area contributed by atoms with Gasteiger partial charge in [0.05, 0.1) is 17.1 Å². The van der Waals surface area contributed by atoms with Gasteiger partial charge in [-0.15, -0.1) is 10.2 Å². The van der Waals surface area contributed by atoms with Crippen molar-refractivity contribution in [3.8, 4) is 5.69 Å². The number of nitrogens with zero attached hydrogens (tertiary/aromatic N) is 4. The van der Waals surface area contributed by atoms with Gasteiger partial charge >= 0.3 is 0 Å². The standard InChI is InChI=1S/C14H19N5/c1-11-4-2-3-7-19(11)14-6-5-12(8-13(14)15)18-9-16-17-10-18/h5-6,8-11H,2-4,7,15H2,1H3. The summed E-state index contributed by atoms with van der Waals surface area (Å²) in [7, 11) is 0. The van der Waals surface area contributed by atoms with Crippen molar-refractivity contribution < 1.29 is 0 Å². The van der Waals surface area contributed by atoms with E-state index in [1.807, 2.05) is 10.6 Å². The van der Waals surface area contributed by atoms with E-state index in [0.717, 1.165) is 23.6 Å². The topological polar surface area (TPSA) is 60.0 Å². The highest BCUT2D eigenvalue weighted by Crippen LogP contribution is 2.30. The van der Waals surface area contributed by atoms with Crippen LogP contribution in [0, 0.1) is 0 Å². The van der Waals surface area contributed by atoms with Crippen molar-refractivity contribution >= 4 is 11.4 Å². The maximum absolute atomic E-state index is 6.22. The molecule has 0 saturated carbocycles. The number of anilines is 2. The summed E-state index contributed by atoms with van der Waals surface area (Å²) < 4.78 is 1.86. The molecule has 1 aromatic carbocycles. The molecule has 0 radical (unpaired) electrons. The average Bonchev–Trinajstić information content (AvgIpc) is 2.94. The van der Waals surface area contributed by atoms with Crippen LogP contribution in [0.1, 0.15) is 26.2 Å². The van der Waals surface area contributed by atoms with Crippen molar-refractivity contribution in [2.24, 2.45) is 0 Å². The van der Waals surface area contributed by atoms with Crippen molar-refractivity contribution in [1.82, 2.24) is 14.8 Å². The second kappa shape index (κ2) is 4.91. The number of aromatic nitrogens is 3. The molecule has 2 N–H and O–H groups in total. The van der Waals surface area contributed by atoms with E-state index in [0.29, 0.717) is 6.04 Å². The fraction of sp³-hybridized carbons (Fsp3) is 0.429. The summed E-state index contributed by atoms with van der Waals surface area (Å²) in [5, 5.41) is 7.63. The summed E-state index contributed by atoms with van der Waals surface area (Å²) in [5.74, 6) is 0. The minimum absolute atomic E-state index is 0.566. The van der Waals surface area contributed by atoms with Crippen molar-refractivity contribution in [3.63, 3.8) is 0 Å². The van der Waals surface area contributed by atoms with Crippen LogP contribution in [0.2, 0.25) is 0 Å². The van der Waals surface area contributed by atoms with E-state index in [9.17, 15) is 0 Å². The Hall–Kier alpha value is -2.04. The summed E-state index contributed by atoms with van der Waals surface area (Å²) in [4.78, 5) is 2.41. The molecule has 100 valence electrons. The van der Waals surface area contributed by atoms with E-state index in [2.05, 4.69) is 34.2 Å². The molecular weight excluding hydrogens is 238 g/mol.